The monoisotopic (exact) mass is 393 g/mol. The van der Waals surface area contributed by atoms with Crippen molar-refractivity contribution in [2.45, 2.75) is 13.0 Å². The first-order valence-corrected chi connectivity index (χ1v) is 10.0. The Bertz CT molecular complexity index is 956. The van der Waals surface area contributed by atoms with Gasteiger partial charge in [-0.25, -0.2) is 4.98 Å². The molecule has 1 unspecified atom stereocenters. The number of hydrogen-bond acceptors (Lipinski definition) is 6. The van der Waals surface area contributed by atoms with Gasteiger partial charge < -0.3 is 19.8 Å². The Morgan fingerprint density at radius 3 is 2.48 bits per heavy atom. The summed E-state index contributed by atoms with van der Waals surface area (Å²) in [6.07, 6.45) is 1.24. The fraction of sp³-hybridized carbons (Fsp3) is 0.348. The van der Waals surface area contributed by atoms with Gasteiger partial charge in [-0.2, -0.15) is 0 Å². The smallest absolute Gasteiger partial charge is 0.128 e. The molecule has 2 heterocycles. The first-order valence-electron chi connectivity index (χ1n) is 10.0. The third kappa shape index (κ3) is 4.44. The summed E-state index contributed by atoms with van der Waals surface area (Å²) in [6, 6.07) is 15.4. The van der Waals surface area contributed by atoms with Gasteiger partial charge in [0.05, 0.1) is 0 Å². The minimum atomic E-state index is -0.579. The number of phenolic OH excluding ortho intramolecular Hbond substituents is 1. The molecule has 0 aliphatic carbocycles. The molecule has 1 aromatic heterocycles. The molecule has 0 bridgehead atoms. The fourth-order valence-electron chi connectivity index (χ4n) is 3.82. The Kier molecular flexibility index (Phi) is 5.83. The lowest BCUT2D eigenvalue weighted by Crippen LogP contribution is -2.49. The van der Waals surface area contributed by atoms with E-state index in [2.05, 4.69) is 14.8 Å². The van der Waals surface area contributed by atoms with Crippen molar-refractivity contribution >= 4 is 16.6 Å². The second-order valence-corrected chi connectivity index (χ2v) is 7.53. The molecule has 2 N–H and O–H groups in total. The number of hydrogen-bond donors (Lipinski definition) is 2. The van der Waals surface area contributed by atoms with Gasteiger partial charge in [0.15, 0.2) is 0 Å². The molecule has 6 nitrogen and oxygen atoms in total. The molecule has 4 rings (SSSR count). The molecule has 29 heavy (non-hydrogen) atoms. The second kappa shape index (κ2) is 8.68. The van der Waals surface area contributed by atoms with Crippen molar-refractivity contribution in [3.05, 3.63) is 60.3 Å². The molecule has 0 saturated carbocycles. The number of anilines is 1. The van der Waals surface area contributed by atoms with Gasteiger partial charge in [-0.05, 0) is 30.7 Å². The lowest BCUT2D eigenvalue weighted by Gasteiger charge is -2.36. The van der Waals surface area contributed by atoms with Crippen LogP contribution in [0.1, 0.15) is 5.56 Å². The highest BCUT2D eigenvalue weighted by Gasteiger charge is 2.20. The molecule has 152 valence electrons. The number of aliphatic hydroxyl groups excluding tert-OH is 1. The van der Waals surface area contributed by atoms with E-state index in [4.69, 9.17) is 4.74 Å². The number of aliphatic hydroxyl groups is 1. The topological polar surface area (TPSA) is 69.1 Å². The van der Waals surface area contributed by atoms with E-state index in [1.807, 2.05) is 61.7 Å². The number of pyridine rings is 1. The third-order valence-corrected chi connectivity index (χ3v) is 5.41. The summed E-state index contributed by atoms with van der Waals surface area (Å²) in [4.78, 5) is 8.94. The quantitative estimate of drug-likeness (QED) is 0.671. The summed E-state index contributed by atoms with van der Waals surface area (Å²) in [5.41, 5.74) is 0.763. The van der Waals surface area contributed by atoms with Crippen LogP contribution in [-0.2, 0) is 0 Å². The van der Waals surface area contributed by atoms with E-state index in [0.29, 0.717) is 12.3 Å². The van der Waals surface area contributed by atoms with Crippen LogP contribution in [0, 0.1) is 6.92 Å². The SMILES string of the molecule is Cc1cc(OCC(O)CN2CCN(c3ccccn3)CC2)c2ccccc2c1O. The molecule has 6 heteroatoms. The van der Waals surface area contributed by atoms with Crippen LogP contribution in [0.25, 0.3) is 10.8 Å². The molecule has 2 aromatic carbocycles. The van der Waals surface area contributed by atoms with Gasteiger partial charge >= 0.3 is 0 Å². The van der Waals surface area contributed by atoms with Gasteiger partial charge in [0, 0.05) is 49.7 Å². The maximum Gasteiger partial charge on any atom is 0.128 e. The van der Waals surface area contributed by atoms with Crippen LogP contribution in [-0.4, -0.2) is 65.5 Å². The molecule has 0 amide bonds. The van der Waals surface area contributed by atoms with Crippen molar-refractivity contribution in [3.8, 4) is 11.5 Å². The Hall–Kier alpha value is -2.83. The zero-order chi connectivity index (χ0) is 20.2. The van der Waals surface area contributed by atoms with E-state index in [0.717, 1.165) is 48.3 Å². The van der Waals surface area contributed by atoms with Crippen LogP contribution >= 0.6 is 0 Å². The third-order valence-electron chi connectivity index (χ3n) is 5.41. The number of aromatic nitrogens is 1. The molecular formula is C23H27N3O3. The van der Waals surface area contributed by atoms with Gasteiger partial charge in [-0.3, -0.25) is 4.90 Å². The van der Waals surface area contributed by atoms with Crippen molar-refractivity contribution in [2.75, 3.05) is 44.2 Å². The number of nitrogens with zero attached hydrogens (tertiary/aromatic N) is 3. The summed E-state index contributed by atoms with van der Waals surface area (Å²) in [6.45, 7) is 6.20. The minimum absolute atomic E-state index is 0.217. The predicted octanol–water partition coefficient (Wildman–Crippen LogP) is 2.81. The summed E-state index contributed by atoms with van der Waals surface area (Å²) >= 11 is 0. The van der Waals surface area contributed by atoms with Crippen molar-refractivity contribution in [2.24, 2.45) is 0 Å². The van der Waals surface area contributed by atoms with Gasteiger partial charge in [-0.15, -0.1) is 0 Å². The number of piperazine rings is 1. The van der Waals surface area contributed by atoms with E-state index in [9.17, 15) is 10.2 Å². The lowest BCUT2D eigenvalue weighted by atomic mass is 10.0. The molecule has 1 atom stereocenters. The first kappa shape index (κ1) is 19.5. The van der Waals surface area contributed by atoms with Crippen molar-refractivity contribution in [3.63, 3.8) is 0 Å². The highest BCUT2D eigenvalue weighted by molar-refractivity contribution is 5.94. The number of benzene rings is 2. The molecular weight excluding hydrogens is 366 g/mol. The Balaban J connectivity index is 1.32. The number of β-amino-alcohol motifs (C(OH)–C–C–N with tert-alkyl or cyclic N) is 1. The summed E-state index contributed by atoms with van der Waals surface area (Å²) in [5, 5.41) is 22.4. The second-order valence-electron chi connectivity index (χ2n) is 7.53. The van der Waals surface area contributed by atoms with E-state index in [-0.39, 0.29) is 12.4 Å². The number of aryl methyl sites for hydroxylation is 1. The molecule has 1 fully saturated rings. The van der Waals surface area contributed by atoms with Crippen LogP contribution in [0.3, 0.4) is 0 Å². The standard InChI is InChI=1S/C23H27N3O3/c1-17-14-21(19-6-2-3-7-20(19)23(17)28)29-16-18(27)15-25-10-12-26(13-11-25)22-8-4-5-9-24-22/h2-9,14,18,27-28H,10-13,15-16H2,1H3. The zero-order valence-electron chi connectivity index (χ0n) is 16.7. The fourth-order valence-corrected chi connectivity index (χ4v) is 3.82. The predicted molar refractivity (Wildman–Crippen MR) is 115 cm³/mol. The number of ether oxygens (including phenoxy) is 1. The molecule has 1 aliphatic heterocycles. The van der Waals surface area contributed by atoms with Gasteiger partial charge in [-0.1, -0.05) is 30.3 Å². The van der Waals surface area contributed by atoms with E-state index in [1.54, 1.807) is 0 Å². The number of aromatic hydroxyl groups is 1. The number of fused-ring (bicyclic) bond motifs is 1. The van der Waals surface area contributed by atoms with E-state index in [1.165, 1.54) is 0 Å². The van der Waals surface area contributed by atoms with Gasteiger partial charge in [0.1, 0.15) is 30.0 Å². The van der Waals surface area contributed by atoms with Gasteiger partial charge in [0.2, 0.25) is 0 Å². The van der Waals surface area contributed by atoms with E-state index < -0.39 is 6.10 Å². The van der Waals surface area contributed by atoms with Crippen molar-refractivity contribution in [1.82, 2.24) is 9.88 Å². The summed E-state index contributed by atoms with van der Waals surface area (Å²) < 4.78 is 5.94. The van der Waals surface area contributed by atoms with Crippen molar-refractivity contribution < 1.29 is 14.9 Å². The lowest BCUT2D eigenvalue weighted by molar-refractivity contribution is 0.0667. The van der Waals surface area contributed by atoms with Crippen molar-refractivity contribution in [1.29, 1.82) is 0 Å². The average molecular weight is 393 g/mol. The Morgan fingerprint density at radius 1 is 1.03 bits per heavy atom. The number of phenols is 1. The average Bonchev–Trinajstić information content (AvgIpc) is 2.76. The number of rotatable bonds is 6. The molecule has 0 spiro atoms. The summed E-state index contributed by atoms with van der Waals surface area (Å²) in [7, 11) is 0. The van der Waals surface area contributed by atoms with Crippen LogP contribution < -0.4 is 9.64 Å². The minimum Gasteiger partial charge on any atom is -0.507 e. The zero-order valence-corrected chi connectivity index (χ0v) is 16.7. The molecule has 3 aromatic rings. The van der Waals surface area contributed by atoms with Crippen LogP contribution in [0.5, 0.6) is 11.5 Å². The van der Waals surface area contributed by atoms with Crippen LogP contribution in [0.15, 0.2) is 54.7 Å². The molecule has 0 radical (unpaired) electrons. The normalized spacial score (nSPS) is 16.1. The molecule has 1 aliphatic rings. The Labute approximate surface area is 171 Å². The van der Waals surface area contributed by atoms with Crippen LogP contribution in [0.4, 0.5) is 5.82 Å². The van der Waals surface area contributed by atoms with Crippen LogP contribution in [0.2, 0.25) is 0 Å². The first-order chi connectivity index (χ1) is 14.1. The van der Waals surface area contributed by atoms with Gasteiger partial charge in [0.25, 0.3) is 0 Å². The highest BCUT2D eigenvalue weighted by Crippen LogP contribution is 2.35. The Morgan fingerprint density at radius 2 is 1.76 bits per heavy atom. The maximum absolute atomic E-state index is 10.5. The largest absolute Gasteiger partial charge is 0.507 e. The molecule has 1 saturated heterocycles. The highest BCUT2D eigenvalue weighted by atomic mass is 16.5. The maximum atomic E-state index is 10.5. The summed E-state index contributed by atoms with van der Waals surface area (Å²) in [5.74, 6) is 1.97. The van der Waals surface area contributed by atoms with E-state index >= 15 is 0 Å².